The summed E-state index contributed by atoms with van der Waals surface area (Å²) in [5, 5.41) is 10.6. The third-order valence-corrected chi connectivity index (χ3v) is 4.98. The van der Waals surface area contributed by atoms with Crippen LogP contribution in [0.3, 0.4) is 0 Å². The predicted octanol–water partition coefficient (Wildman–Crippen LogP) is 3.06. The van der Waals surface area contributed by atoms with Gasteiger partial charge in [0.05, 0.1) is 6.26 Å². The van der Waals surface area contributed by atoms with Crippen LogP contribution in [0.1, 0.15) is 30.7 Å². The molecule has 0 radical (unpaired) electrons. The standard InChI is InChI=1S/C21H26N6O/c1-2-22-21(27-13-11-17(15-27)16-7-4-3-5-8-16)23-12-10-19-24-20(26-25-19)18-9-6-14-28-18/h3-9,14,17H,2,10-13,15H2,1H3,(H,22,23)(H,24,25,26). The van der Waals surface area contributed by atoms with E-state index in [4.69, 9.17) is 9.41 Å². The molecule has 1 saturated heterocycles. The third-order valence-electron chi connectivity index (χ3n) is 4.98. The molecule has 1 aromatic carbocycles. The van der Waals surface area contributed by atoms with Crippen molar-refractivity contribution in [3.63, 3.8) is 0 Å². The smallest absolute Gasteiger partial charge is 0.216 e. The number of furan rings is 1. The molecule has 7 nitrogen and oxygen atoms in total. The van der Waals surface area contributed by atoms with E-state index < -0.39 is 0 Å². The molecule has 7 heteroatoms. The first-order valence-electron chi connectivity index (χ1n) is 9.87. The molecule has 0 bridgehead atoms. The van der Waals surface area contributed by atoms with E-state index in [1.807, 2.05) is 12.1 Å². The van der Waals surface area contributed by atoms with Gasteiger partial charge in [0.25, 0.3) is 0 Å². The maximum Gasteiger partial charge on any atom is 0.216 e. The van der Waals surface area contributed by atoms with Crippen molar-refractivity contribution in [2.45, 2.75) is 25.7 Å². The van der Waals surface area contributed by atoms with E-state index in [9.17, 15) is 0 Å². The number of nitrogens with one attached hydrogen (secondary N) is 2. The van der Waals surface area contributed by atoms with E-state index in [2.05, 4.69) is 62.7 Å². The molecular weight excluding hydrogens is 352 g/mol. The van der Waals surface area contributed by atoms with Crippen molar-refractivity contribution in [3.8, 4) is 11.6 Å². The summed E-state index contributed by atoms with van der Waals surface area (Å²) in [7, 11) is 0. The summed E-state index contributed by atoms with van der Waals surface area (Å²) >= 11 is 0. The average Bonchev–Trinajstić information content (AvgIpc) is 3.49. The van der Waals surface area contributed by atoms with Crippen LogP contribution in [0.4, 0.5) is 0 Å². The summed E-state index contributed by atoms with van der Waals surface area (Å²) in [5.41, 5.74) is 1.41. The van der Waals surface area contributed by atoms with Gasteiger partial charge in [0.1, 0.15) is 5.82 Å². The lowest BCUT2D eigenvalue weighted by molar-refractivity contribution is 0.486. The Bertz CT molecular complexity index is 887. The fourth-order valence-corrected chi connectivity index (χ4v) is 3.57. The van der Waals surface area contributed by atoms with E-state index in [0.29, 0.717) is 30.5 Å². The van der Waals surface area contributed by atoms with Crippen molar-refractivity contribution in [2.75, 3.05) is 26.2 Å². The van der Waals surface area contributed by atoms with Crippen LogP contribution in [-0.2, 0) is 6.42 Å². The zero-order chi connectivity index (χ0) is 19.2. The zero-order valence-electron chi connectivity index (χ0n) is 16.1. The number of H-pyrrole nitrogens is 1. The molecule has 146 valence electrons. The summed E-state index contributed by atoms with van der Waals surface area (Å²) in [4.78, 5) is 11.6. The Hall–Kier alpha value is -3.09. The van der Waals surface area contributed by atoms with Crippen molar-refractivity contribution in [2.24, 2.45) is 4.99 Å². The van der Waals surface area contributed by atoms with Crippen LogP contribution in [0.15, 0.2) is 58.1 Å². The van der Waals surface area contributed by atoms with Gasteiger partial charge in [-0.1, -0.05) is 30.3 Å². The molecule has 28 heavy (non-hydrogen) atoms. The molecule has 1 fully saturated rings. The predicted molar refractivity (Wildman–Crippen MR) is 109 cm³/mol. The maximum atomic E-state index is 5.33. The van der Waals surface area contributed by atoms with Crippen molar-refractivity contribution < 1.29 is 4.42 Å². The van der Waals surface area contributed by atoms with Gasteiger partial charge in [-0.05, 0) is 31.0 Å². The van der Waals surface area contributed by atoms with E-state index in [-0.39, 0.29) is 0 Å². The third kappa shape index (κ3) is 4.24. The Labute approximate surface area is 164 Å². The first kappa shape index (κ1) is 18.3. The Morgan fingerprint density at radius 2 is 2.18 bits per heavy atom. The SMILES string of the molecule is CCNC(=NCCc1nc(-c2ccco2)n[nH]1)N1CCC(c2ccccc2)C1. The molecule has 0 amide bonds. The van der Waals surface area contributed by atoms with Crippen LogP contribution in [0.25, 0.3) is 11.6 Å². The van der Waals surface area contributed by atoms with Crippen molar-refractivity contribution in [1.29, 1.82) is 0 Å². The van der Waals surface area contributed by atoms with E-state index in [1.54, 1.807) is 6.26 Å². The summed E-state index contributed by atoms with van der Waals surface area (Å²) in [6.45, 7) is 5.64. The highest BCUT2D eigenvalue weighted by molar-refractivity contribution is 5.80. The molecule has 3 heterocycles. The molecule has 1 aliphatic heterocycles. The van der Waals surface area contributed by atoms with E-state index >= 15 is 0 Å². The number of aromatic amines is 1. The first-order valence-corrected chi connectivity index (χ1v) is 9.87. The molecule has 1 atom stereocenters. The lowest BCUT2D eigenvalue weighted by Gasteiger charge is -2.21. The van der Waals surface area contributed by atoms with Gasteiger partial charge < -0.3 is 14.6 Å². The number of hydrogen-bond donors (Lipinski definition) is 2. The number of aliphatic imine (C=N–C) groups is 1. The Morgan fingerprint density at radius 1 is 1.29 bits per heavy atom. The van der Waals surface area contributed by atoms with Crippen LogP contribution in [0.5, 0.6) is 0 Å². The largest absolute Gasteiger partial charge is 0.461 e. The van der Waals surface area contributed by atoms with Gasteiger partial charge in [0, 0.05) is 38.5 Å². The number of benzene rings is 1. The summed E-state index contributed by atoms with van der Waals surface area (Å²) in [6, 6.07) is 14.4. The molecule has 0 aliphatic carbocycles. The van der Waals surface area contributed by atoms with Crippen molar-refractivity contribution >= 4 is 5.96 Å². The van der Waals surface area contributed by atoms with E-state index in [0.717, 1.165) is 37.8 Å². The highest BCUT2D eigenvalue weighted by atomic mass is 16.3. The maximum absolute atomic E-state index is 5.33. The fraction of sp³-hybridized carbons (Fsp3) is 0.381. The van der Waals surface area contributed by atoms with Gasteiger partial charge in [0.15, 0.2) is 11.7 Å². The minimum atomic E-state index is 0.565. The highest BCUT2D eigenvalue weighted by Gasteiger charge is 2.25. The Balaban J connectivity index is 1.36. The summed E-state index contributed by atoms with van der Waals surface area (Å²) in [5.74, 6) is 3.61. The lowest BCUT2D eigenvalue weighted by atomic mass is 9.99. The molecule has 3 aromatic rings. The molecule has 2 N–H and O–H groups in total. The van der Waals surface area contributed by atoms with Crippen molar-refractivity contribution in [1.82, 2.24) is 25.4 Å². The second-order valence-corrected chi connectivity index (χ2v) is 6.91. The number of rotatable bonds is 6. The molecule has 4 rings (SSSR count). The second kappa shape index (κ2) is 8.73. The monoisotopic (exact) mass is 378 g/mol. The van der Waals surface area contributed by atoms with Crippen LogP contribution < -0.4 is 5.32 Å². The Morgan fingerprint density at radius 3 is 2.96 bits per heavy atom. The van der Waals surface area contributed by atoms with Crippen LogP contribution in [0, 0.1) is 0 Å². The number of aromatic nitrogens is 3. The van der Waals surface area contributed by atoms with Crippen molar-refractivity contribution in [3.05, 3.63) is 60.1 Å². The van der Waals surface area contributed by atoms with E-state index in [1.165, 1.54) is 5.56 Å². The number of likely N-dealkylation sites (tertiary alicyclic amines) is 1. The lowest BCUT2D eigenvalue weighted by Crippen LogP contribution is -2.40. The van der Waals surface area contributed by atoms with Gasteiger partial charge >= 0.3 is 0 Å². The van der Waals surface area contributed by atoms with Gasteiger partial charge in [-0.25, -0.2) is 4.98 Å². The van der Waals surface area contributed by atoms with Crippen LogP contribution in [0.2, 0.25) is 0 Å². The average molecular weight is 378 g/mol. The second-order valence-electron chi connectivity index (χ2n) is 6.91. The first-order chi connectivity index (χ1) is 13.8. The quantitative estimate of drug-likeness (QED) is 0.509. The van der Waals surface area contributed by atoms with Crippen LogP contribution >= 0.6 is 0 Å². The minimum Gasteiger partial charge on any atom is -0.461 e. The molecule has 1 aliphatic rings. The topological polar surface area (TPSA) is 82.3 Å². The molecular formula is C21H26N6O. The molecule has 2 aromatic heterocycles. The summed E-state index contributed by atoms with van der Waals surface area (Å²) < 4.78 is 5.33. The fourth-order valence-electron chi connectivity index (χ4n) is 3.57. The normalized spacial score (nSPS) is 17.2. The number of nitrogens with zero attached hydrogens (tertiary/aromatic N) is 4. The van der Waals surface area contributed by atoms with Gasteiger partial charge in [-0.15, -0.1) is 0 Å². The Kier molecular flexibility index (Phi) is 5.70. The van der Waals surface area contributed by atoms with Crippen LogP contribution in [-0.4, -0.2) is 52.2 Å². The minimum absolute atomic E-state index is 0.565. The molecule has 0 spiro atoms. The number of guanidine groups is 1. The highest BCUT2D eigenvalue weighted by Crippen LogP contribution is 2.26. The van der Waals surface area contributed by atoms with Gasteiger partial charge in [0.2, 0.25) is 5.82 Å². The molecule has 1 unspecified atom stereocenters. The molecule has 0 saturated carbocycles. The summed E-state index contributed by atoms with van der Waals surface area (Å²) in [6.07, 6.45) is 3.48. The van der Waals surface area contributed by atoms with Gasteiger partial charge in [-0.2, -0.15) is 5.10 Å². The zero-order valence-corrected chi connectivity index (χ0v) is 16.1. The van der Waals surface area contributed by atoms with Gasteiger partial charge in [-0.3, -0.25) is 10.1 Å². The number of hydrogen-bond acceptors (Lipinski definition) is 4.